The van der Waals surface area contributed by atoms with E-state index in [0.717, 1.165) is 11.1 Å². The third-order valence-electron chi connectivity index (χ3n) is 1.98. The van der Waals surface area contributed by atoms with Crippen LogP contribution in [0.2, 0.25) is 0 Å². The smallest absolute Gasteiger partial charge is 0.283 e. The lowest BCUT2D eigenvalue weighted by Gasteiger charge is -2.07. The summed E-state index contributed by atoms with van der Waals surface area (Å²) in [5.74, 6) is -0.402. The summed E-state index contributed by atoms with van der Waals surface area (Å²) >= 11 is 0. The minimum atomic E-state index is -0.201. The van der Waals surface area contributed by atoms with Crippen LogP contribution in [0.3, 0.4) is 0 Å². The molecule has 0 saturated carbocycles. The van der Waals surface area contributed by atoms with Crippen LogP contribution in [0.15, 0.2) is 23.0 Å². The summed E-state index contributed by atoms with van der Waals surface area (Å²) in [4.78, 5) is 0. The van der Waals surface area contributed by atoms with Gasteiger partial charge in [-0.25, -0.2) is 0 Å². The molecule has 0 spiro atoms. The van der Waals surface area contributed by atoms with Crippen molar-refractivity contribution in [3.63, 3.8) is 0 Å². The van der Waals surface area contributed by atoms with Gasteiger partial charge >= 0.3 is 0 Å². The molecule has 0 atom stereocenters. The summed E-state index contributed by atoms with van der Waals surface area (Å²) in [5, 5.41) is 18.6. The van der Waals surface area contributed by atoms with Crippen LogP contribution in [-0.2, 0) is 4.74 Å². The fraction of sp³-hybridized carbons (Fsp3) is 0.600. The molecule has 0 radical (unpaired) electrons. The molecule has 0 aromatic carbocycles. The van der Waals surface area contributed by atoms with Crippen LogP contribution < -0.4 is 0 Å². The van der Waals surface area contributed by atoms with Gasteiger partial charge in [0.1, 0.15) is 0 Å². The van der Waals surface area contributed by atoms with Crippen molar-refractivity contribution in [1.29, 1.82) is 0 Å². The molecule has 0 aliphatic rings. The first-order valence-electron chi connectivity index (χ1n) is 4.48. The number of ether oxygens (including phenoxy) is 1. The van der Waals surface area contributed by atoms with Gasteiger partial charge in [0.15, 0.2) is 0 Å². The molecule has 0 aliphatic heterocycles. The van der Waals surface area contributed by atoms with E-state index in [1.54, 1.807) is 13.8 Å². The summed E-state index contributed by atoms with van der Waals surface area (Å²) in [6, 6.07) is 0. The molecule has 0 rings (SSSR count). The van der Waals surface area contributed by atoms with Gasteiger partial charge in [0.05, 0.1) is 0 Å². The van der Waals surface area contributed by atoms with Crippen molar-refractivity contribution in [3.8, 4) is 0 Å². The number of hydrogen-bond acceptors (Lipinski definition) is 3. The molecular weight excluding hydrogens is 168 g/mol. The monoisotopic (exact) mass is 186 g/mol. The van der Waals surface area contributed by atoms with Crippen LogP contribution in [0.1, 0.15) is 40.5 Å². The van der Waals surface area contributed by atoms with Crippen LogP contribution in [-0.4, -0.2) is 10.2 Å². The van der Waals surface area contributed by atoms with Crippen LogP contribution in [0.4, 0.5) is 0 Å². The molecule has 0 fully saturated rings. The lowest BCUT2D eigenvalue weighted by Crippen LogP contribution is -1.97. The van der Waals surface area contributed by atoms with Crippen molar-refractivity contribution in [2.75, 3.05) is 0 Å². The Kier molecular flexibility index (Phi) is 5.04. The quantitative estimate of drug-likeness (QED) is 0.661. The fourth-order valence-corrected chi connectivity index (χ4v) is 0.568. The third kappa shape index (κ3) is 3.87. The van der Waals surface area contributed by atoms with Gasteiger partial charge in [0.25, 0.3) is 11.9 Å². The second-order valence-corrected chi connectivity index (χ2v) is 2.98. The highest BCUT2D eigenvalue weighted by Crippen LogP contribution is 2.13. The topological polar surface area (TPSA) is 49.7 Å². The average Bonchev–Trinajstić information content (AvgIpc) is 2.14. The van der Waals surface area contributed by atoms with Crippen molar-refractivity contribution in [2.24, 2.45) is 0 Å². The van der Waals surface area contributed by atoms with Crippen molar-refractivity contribution < 1.29 is 14.9 Å². The number of aliphatic hydroxyl groups is 2. The second kappa shape index (κ2) is 5.51. The predicted molar refractivity (Wildman–Crippen MR) is 52.3 cm³/mol. The molecule has 13 heavy (non-hydrogen) atoms. The average molecular weight is 186 g/mol. The minimum Gasteiger partial charge on any atom is -0.481 e. The van der Waals surface area contributed by atoms with Gasteiger partial charge in [-0.2, -0.15) is 0 Å². The van der Waals surface area contributed by atoms with Gasteiger partial charge in [-0.15, -0.1) is 0 Å². The zero-order chi connectivity index (χ0) is 10.4. The normalized spacial score (nSPS) is 14.8. The van der Waals surface area contributed by atoms with Gasteiger partial charge in [-0.05, 0) is 26.7 Å². The Morgan fingerprint density at radius 2 is 1.23 bits per heavy atom. The third-order valence-corrected chi connectivity index (χ3v) is 1.98. The van der Waals surface area contributed by atoms with Gasteiger partial charge < -0.3 is 14.9 Å². The van der Waals surface area contributed by atoms with Crippen LogP contribution in [0.25, 0.3) is 0 Å². The number of aliphatic hydroxyl groups excluding tert-OH is 2. The number of rotatable bonds is 4. The maximum atomic E-state index is 9.30. The first-order chi connectivity index (χ1) is 6.02. The number of hydrogen-bond donors (Lipinski definition) is 2. The van der Waals surface area contributed by atoms with Gasteiger partial charge in [-0.1, -0.05) is 13.8 Å². The first-order valence-corrected chi connectivity index (χ1v) is 4.48. The molecule has 3 heteroatoms. The standard InChI is InChI=1S/C10H18O3/c1-5-7(3)9(11)13-10(12)8(4)6-2/h11-12H,5-6H2,1-4H3/b9-7+,10-8+. The van der Waals surface area contributed by atoms with E-state index >= 15 is 0 Å². The summed E-state index contributed by atoms with van der Waals surface area (Å²) in [6.07, 6.45) is 1.40. The summed E-state index contributed by atoms with van der Waals surface area (Å²) in [6.45, 7) is 7.32. The van der Waals surface area contributed by atoms with E-state index in [2.05, 4.69) is 0 Å². The molecule has 0 unspecified atom stereocenters. The fourth-order valence-electron chi connectivity index (χ4n) is 0.568. The molecule has 0 bridgehead atoms. The van der Waals surface area contributed by atoms with E-state index in [9.17, 15) is 10.2 Å². The summed E-state index contributed by atoms with van der Waals surface area (Å²) < 4.78 is 4.83. The van der Waals surface area contributed by atoms with E-state index < -0.39 is 0 Å². The van der Waals surface area contributed by atoms with Crippen molar-refractivity contribution >= 4 is 0 Å². The Morgan fingerprint density at radius 1 is 0.923 bits per heavy atom. The van der Waals surface area contributed by atoms with Crippen molar-refractivity contribution in [1.82, 2.24) is 0 Å². The number of allylic oxidation sites excluding steroid dienone is 2. The molecule has 0 amide bonds. The molecule has 3 nitrogen and oxygen atoms in total. The predicted octanol–water partition coefficient (Wildman–Crippen LogP) is 3.40. The highest BCUT2D eigenvalue weighted by Gasteiger charge is 2.05. The van der Waals surface area contributed by atoms with Gasteiger partial charge in [0.2, 0.25) is 0 Å². The van der Waals surface area contributed by atoms with Crippen LogP contribution >= 0.6 is 0 Å². The largest absolute Gasteiger partial charge is 0.481 e. The molecular formula is C10H18O3. The first kappa shape index (κ1) is 11.9. The molecule has 0 heterocycles. The molecule has 0 saturated heterocycles. The van der Waals surface area contributed by atoms with E-state index in [1.807, 2.05) is 13.8 Å². The molecule has 2 N–H and O–H groups in total. The Balaban J connectivity index is 4.46. The highest BCUT2D eigenvalue weighted by atomic mass is 16.7. The van der Waals surface area contributed by atoms with E-state index in [1.165, 1.54) is 0 Å². The van der Waals surface area contributed by atoms with E-state index in [-0.39, 0.29) is 11.9 Å². The Bertz CT molecular complexity index is 202. The lowest BCUT2D eigenvalue weighted by atomic mass is 10.2. The molecule has 0 aromatic rings. The van der Waals surface area contributed by atoms with Crippen LogP contribution in [0.5, 0.6) is 0 Å². The lowest BCUT2D eigenvalue weighted by molar-refractivity contribution is 0.0606. The minimum absolute atomic E-state index is 0.201. The van der Waals surface area contributed by atoms with Crippen LogP contribution in [0, 0.1) is 0 Å². The van der Waals surface area contributed by atoms with Gasteiger partial charge in [-0.3, -0.25) is 0 Å². The maximum Gasteiger partial charge on any atom is 0.283 e. The second-order valence-electron chi connectivity index (χ2n) is 2.98. The maximum absolute atomic E-state index is 9.30. The Morgan fingerprint density at radius 3 is 1.46 bits per heavy atom. The van der Waals surface area contributed by atoms with E-state index in [4.69, 9.17) is 4.74 Å². The SMILES string of the molecule is CC/C(C)=C(\O)O/C(O)=C(\C)CC. The van der Waals surface area contributed by atoms with Crippen molar-refractivity contribution in [3.05, 3.63) is 23.0 Å². The molecule has 76 valence electrons. The molecule has 0 aromatic heterocycles. The zero-order valence-corrected chi connectivity index (χ0v) is 8.72. The Labute approximate surface area is 79.3 Å². The van der Waals surface area contributed by atoms with E-state index in [0.29, 0.717) is 12.8 Å². The summed E-state index contributed by atoms with van der Waals surface area (Å²) in [7, 11) is 0. The Hall–Kier alpha value is -1.12. The highest BCUT2D eigenvalue weighted by molar-refractivity contribution is 5.03. The van der Waals surface area contributed by atoms with Gasteiger partial charge in [0, 0.05) is 11.1 Å². The van der Waals surface area contributed by atoms with Crippen molar-refractivity contribution in [2.45, 2.75) is 40.5 Å². The zero-order valence-electron chi connectivity index (χ0n) is 8.72. The molecule has 0 aliphatic carbocycles. The summed E-state index contributed by atoms with van der Waals surface area (Å²) in [5.41, 5.74) is 1.44.